The first-order valence-corrected chi connectivity index (χ1v) is 7.14. The van der Waals surface area contributed by atoms with E-state index in [1.165, 1.54) is 16.7 Å². The Morgan fingerprint density at radius 2 is 1.95 bits per heavy atom. The summed E-state index contributed by atoms with van der Waals surface area (Å²) in [5.74, 6) is -0.220. The van der Waals surface area contributed by atoms with Crippen LogP contribution in [0.15, 0.2) is 48.1 Å². The van der Waals surface area contributed by atoms with Crippen LogP contribution in [0.2, 0.25) is 0 Å². The van der Waals surface area contributed by atoms with Crippen LogP contribution in [0.25, 0.3) is 5.57 Å². The van der Waals surface area contributed by atoms with E-state index >= 15 is 0 Å². The number of hydrogen-bond donors (Lipinski definition) is 0. The number of benzene rings is 1. The summed E-state index contributed by atoms with van der Waals surface area (Å²) in [6.07, 6.45) is 4.96. The molecule has 2 heteroatoms. The van der Waals surface area contributed by atoms with Crippen LogP contribution in [-0.4, -0.2) is 12.6 Å². The molecule has 0 aromatic heterocycles. The van der Waals surface area contributed by atoms with E-state index in [2.05, 4.69) is 31.2 Å². The molecule has 0 amide bonds. The Morgan fingerprint density at radius 3 is 2.50 bits per heavy atom. The Kier molecular flexibility index (Phi) is 6.78. The standard InChI is InChI=1S/C18H24O2/c1-5-16(17-10-8-7-9-11-17)13-14(3)12-15(4)18(19)20-6-2/h5,7-11,13,15H,6,12H2,1-4H3. The van der Waals surface area contributed by atoms with Crippen LogP contribution in [0, 0.1) is 5.92 Å². The van der Waals surface area contributed by atoms with Gasteiger partial charge in [0.05, 0.1) is 12.5 Å². The Bertz CT molecular complexity index is 483. The lowest BCUT2D eigenvalue weighted by atomic mass is 9.97. The highest BCUT2D eigenvalue weighted by Gasteiger charge is 2.14. The number of hydrogen-bond acceptors (Lipinski definition) is 2. The third-order valence-electron chi connectivity index (χ3n) is 3.14. The Hall–Kier alpha value is -1.83. The van der Waals surface area contributed by atoms with Gasteiger partial charge in [-0.25, -0.2) is 0 Å². The molecule has 0 saturated heterocycles. The molecule has 0 aliphatic rings. The van der Waals surface area contributed by atoms with Gasteiger partial charge in [-0.1, -0.05) is 55.0 Å². The minimum absolute atomic E-state index is 0.0971. The van der Waals surface area contributed by atoms with Gasteiger partial charge >= 0.3 is 5.97 Å². The molecule has 1 rings (SSSR count). The molecule has 1 atom stereocenters. The predicted octanol–water partition coefficient (Wildman–Crippen LogP) is 4.63. The van der Waals surface area contributed by atoms with Gasteiger partial charge < -0.3 is 4.74 Å². The van der Waals surface area contributed by atoms with Gasteiger partial charge in [-0.3, -0.25) is 4.79 Å². The van der Waals surface area contributed by atoms with Crippen LogP contribution in [0.3, 0.4) is 0 Å². The summed E-state index contributed by atoms with van der Waals surface area (Å²) in [5.41, 5.74) is 3.56. The van der Waals surface area contributed by atoms with Crippen molar-refractivity contribution < 1.29 is 9.53 Å². The van der Waals surface area contributed by atoms with E-state index in [-0.39, 0.29) is 11.9 Å². The lowest BCUT2D eigenvalue weighted by molar-refractivity contribution is -0.147. The third kappa shape index (κ3) is 5.04. The molecule has 0 saturated carbocycles. The SMILES string of the molecule is CC=C(C=C(C)CC(C)C(=O)OCC)c1ccccc1. The maximum Gasteiger partial charge on any atom is 0.308 e. The van der Waals surface area contributed by atoms with Crippen LogP contribution in [-0.2, 0) is 9.53 Å². The lowest BCUT2D eigenvalue weighted by Crippen LogP contribution is -2.14. The fraction of sp³-hybridized carbons (Fsp3) is 0.389. The third-order valence-corrected chi connectivity index (χ3v) is 3.14. The molecule has 0 radical (unpaired) electrons. The predicted molar refractivity (Wildman–Crippen MR) is 84.3 cm³/mol. The normalized spacial score (nSPS) is 14.0. The van der Waals surface area contributed by atoms with E-state index in [0.29, 0.717) is 6.61 Å². The van der Waals surface area contributed by atoms with Crippen molar-refractivity contribution >= 4 is 11.5 Å². The van der Waals surface area contributed by atoms with Crippen molar-refractivity contribution in [3.05, 3.63) is 53.6 Å². The molecule has 0 N–H and O–H groups in total. The topological polar surface area (TPSA) is 26.3 Å². The second-order valence-corrected chi connectivity index (χ2v) is 4.96. The Balaban J connectivity index is 2.75. The van der Waals surface area contributed by atoms with E-state index in [1.807, 2.05) is 39.0 Å². The van der Waals surface area contributed by atoms with E-state index in [1.54, 1.807) is 0 Å². The van der Waals surface area contributed by atoms with Gasteiger partial charge in [-0.15, -0.1) is 0 Å². The molecule has 1 aromatic rings. The molecule has 0 fully saturated rings. The van der Waals surface area contributed by atoms with Gasteiger partial charge in [0.25, 0.3) is 0 Å². The highest BCUT2D eigenvalue weighted by molar-refractivity contribution is 5.75. The van der Waals surface area contributed by atoms with Crippen LogP contribution < -0.4 is 0 Å². The first-order valence-electron chi connectivity index (χ1n) is 7.14. The monoisotopic (exact) mass is 272 g/mol. The summed E-state index contributed by atoms with van der Waals surface area (Å²) < 4.78 is 5.04. The second-order valence-electron chi connectivity index (χ2n) is 4.96. The highest BCUT2D eigenvalue weighted by atomic mass is 16.5. The number of carbonyl (C=O) groups excluding carboxylic acids is 1. The summed E-state index contributed by atoms with van der Waals surface area (Å²) in [7, 11) is 0. The summed E-state index contributed by atoms with van der Waals surface area (Å²) >= 11 is 0. The molecule has 0 spiro atoms. The van der Waals surface area contributed by atoms with E-state index in [4.69, 9.17) is 4.74 Å². The van der Waals surface area contributed by atoms with Gasteiger partial charge in [0, 0.05) is 0 Å². The van der Waals surface area contributed by atoms with Crippen LogP contribution in [0.1, 0.15) is 39.7 Å². The highest BCUT2D eigenvalue weighted by Crippen LogP contribution is 2.20. The van der Waals surface area contributed by atoms with Gasteiger partial charge in [0.1, 0.15) is 0 Å². The number of rotatable bonds is 6. The van der Waals surface area contributed by atoms with Crippen molar-refractivity contribution in [2.75, 3.05) is 6.61 Å². The van der Waals surface area contributed by atoms with Crippen LogP contribution >= 0.6 is 0 Å². The molecule has 0 aliphatic carbocycles. The number of allylic oxidation sites excluding steroid dienone is 4. The summed E-state index contributed by atoms with van der Waals surface area (Å²) in [6.45, 7) is 8.27. The smallest absolute Gasteiger partial charge is 0.308 e. The molecular weight excluding hydrogens is 248 g/mol. The van der Waals surface area contributed by atoms with Gasteiger partial charge in [-0.05, 0) is 38.3 Å². The van der Waals surface area contributed by atoms with Crippen molar-refractivity contribution in [2.45, 2.75) is 34.1 Å². The van der Waals surface area contributed by atoms with E-state index in [9.17, 15) is 4.79 Å². The average molecular weight is 272 g/mol. The fourth-order valence-corrected chi connectivity index (χ4v) is 2.14. The van der Waals surface area contributed by atoms with E-state index < -0.39 is 0 Å². The number of esters is 1. The molecular formula is C18H24O2. The largest absolute Gasteiger partial charge is 0.466 e. The first kappa shape index (κ1) is 16.2. The molecule has 1 aromatic carbocycles. The Labute approximate surface area is 122 Å². The molecule has 0 aliphatic heterocycles. The second kappa shape index (κ2) is 8.36. The first-order chi connectivity index (χ1) is 9.58. The molecule has 108 valence electrons. The maximum atomic E-state index is 11.6. The molecule has 2 nitrogen and oxygen atoms in total. The molecule has 0 heterocycles. The van der Waals surface area contributed by atoms with Crippen molar-refractivity contribution in [1.82, 2.24) is 0 Å². The van der Waals surface area contributed by atoms with Crippen molar-refractivity contribution in [3.63, 3.8) is 0 Å². The zero-order chi connectivity index (χ0) is 15.0. The molecule has 20 heavy (non-hydrogen) atoms. The van der Waals surface area contributed by atoms with Crippen molar-refractivity contribution in [3.8, 4) is 0 Å². The summed E-state index contributed by atoms with van der Waals surface area (Å²) in [4.78, 5) is 11.6. The van der Waals surface area contributed by atoms with Crippen LogP contribution in [0.5, 0.6) is 0 Å². The van der Waals surface area contributed by atoms with Gasteiger partial charge in [-0.2, -0.15) is 0 Å². The minimum Gasteiger partial charge on any atom is -0.466 e. The minimum atomic E-state index is -0.123. The van der Waals surface area contributed by atoms with Crippen molar-refractivity contribution in [1.29, 1.82) is 0 Å². The molecule has 1 unspecified atom stereocenters. The van der Waals surface area contributed by atoms with Gasteiger partial charge in [0.2, 0.25) is 0 Å². The lowest BCUT2D eigenvalue weighted by Gasteiger charge is -2.11. The average Bonchev–Trinajstić information content (AvgIpc) is 2.45. The zero-order valence-electron chi connectivity index (χ0n) is 12.8. The van der Waals surface area contributed by atoms with Crippen LogP contribution in [0.4, 0.5) is 0 Å². The van der Waals surface area contributed by atoms with Gasteiger partial charge in [0.15, 0.2) is 0 Å². The number of carbonyl (C=O) groups is 1. The maximum absolute atomic E-state index is 11.6. The van der Waals surface area contributed by atoms with E-state index in [0.717, 1.165) is 6.42 Å². The summed E-state index contributed by atoms with van der Waals surface area (Å²) in [6, 6.07) is 10.3. The zero-order valence-corrected chi connectivity index (χ0v) is 12.8. The van der Waals surface area contributed by atoms with Crippen molar-refractivity contribution in [2.24, 2.45) is 5.92 Å². The Morgan fingerprint density at radius 1 is 1.30 bits per heavy atom. The number of ether oxygens (including phenoxy) is 1. The molecule has 0 bridgehead atoms. The fourth-order valence-electron chi connectivity index (χ4n) is 2.14. The quantitative estimate of drug-likeness (QED) is 0.557. The summed E-state index contributed by atoms with van der Waals surface area (Å²) in [5, 5.41) is 0.